The summed E-state index contributed by atoms with van der Waals surface area (Å²) in [6.45, 7) is 0. The number of aromatic nitrogens is 2. The maximum atomic E-state index is 6.17. The van der Waals surface area contributed by atoms with Crippen LogP contribution in [-0.4, -0.2) is 9.97 Å². The van der Waals surface area contributed by atoms with Crippen LogP contribution in [-0.2, 0) is 5.75 Å². The van der Waals surface area contributed by atoms with Gasteiger partial charge in [-0.3, -0.25) is 4.98 Å². The molecule has 0 aliphatic carbocycles. The number of hydrogen-bond donors (Lipinski definition) is 1. The molecular weight excluding hydrogens is 322 g/mol. The van der Waals surface area contributed by atoms with Crippen molar-refractivity contribution in [1.29, 1.82) is 0 Å². The van der Waals surface area contributed by atoms with Gasteiger partial charge in [-0.05, 0) is 24.3 Å². The fraction of sp³-hybridized carbons (Fsp3) is 0.0667. The average Bonchev–Trinajstić information content (AvgIpc) is 2.97. The van der Waals surface area contributed by atoms with E-state index in [0.29, 0.717) is 10.7 Å². The van der Waals surface area contributed by atoms with Gasteiger partial charge < -0.3 is 5.73 Å². The molecule has 0 aliphatic heterocycles. The summed E-state index contributed by atoms with van der Waals surface area (Å²) in [7, 11) is 0. The first-order valence-corrected chi connectivity index (χ1v) is 8.51. The van der Waals surface area contributed by atoms with Crippen LogP contribution < -0.4 is 5.73 Å². The maximum absolute atomic E-state index is 6.17. The Morgan fingerprint density at radius 2 is 2.10 bits per heavy atom. The minimum atomic E-state index is 0.681. The van der Waals surface area contributed by atoms with Crippen LogP contribution in [0.5, 0.6) is 0 Å². The molecule has 0 radical (unpaired) electrons. The molecule has 0 saturated carbocycles. The first-order valence-electron chi connectivity index (χ1n) is 6.26. The van der Waals surface area contributed by atoms with Crippen LogP contribution in [0.1, 0.15) is 5.69 Å². The van der Waals surface area contributed by atoms with Gasteiger partial charge in [0.15, 0.2) is 0 Å². The predicted molar refractivity (Wildman–Crippen MR) is 90.8 cm³/mol. The number of thiazole rings is 1. The van der Waals surface area contributed by atoms with E-state index in [1.165, 1.54) is 0 Å². The van der Waals surface area contributed by atoms with Crippen LogP contribution >= 0.6 is 34.7 Å². The van der Waals surface area contributed by atoms with Gasteiger partial charge in [0.25, 0.3) is 0 Å². The molecule has 3 aromatic rings. The number of thioether (sulfide) groups is 1. The summed E-state index contributed by atoms with van der Waals surface area (Å²) in [6.07, 6.45) is 1.77. The van der Waals surface area contributed by atoms with E-state index in [2.05, 4.69) is 9.97 Å². The van der Waals surface area contributed by atoms with Crippen molar-refractivity contribution in [2.75, 3.05) is 5.73 Å². The lowest BCUT2D eigenvalue weighted by atomic mass is 10.3. The Kier molecular flexibility index (Phi) is 4.43. The zero-order valence-corrected chi connectivity index (χ0v) is 13.4. The van der Waals surface area contributed by atoms with Gasteiger partial charge >= 0.3 is 0 Å². The maximum Gasteiger partial charge on any atom is 0.142 e. The Bertz CT molecular complexity index is 723. The fourth-order valence-electron chi connectivity index (χ4n) is 1.80. The molecule has 0 aliphatic rings. The van der Waals surface area contributed by atoms with Crippen molar-refractivity contribution in [2.24, 2.45) is 0 Å². The molecule has 6 heteroatoms. The van der Waals surface area contributed by atoms with E-state index in [9.17, 15) is 0 Å². The normalized spacial score (nSPS) is 10.7. The highest BCUT2D eigenvalue weighted by atomic mass is 35.5. The molecule has 0 atom stereocenters. The highest BCUT2D eigenvalue weighted by Crippen LogP contribution is 2.35. The van der Waals surface area contributed by atoms with Crippen LogP contribution in [0.25, 0.3) is 10.7 Å². The summed E-state index contributed by atoms with van der Waals surface area (Å²) in [5.41, 5.74) is 8.55. The predicted octanol–water partition coefficient (Wildman–Crippen LogP) is 4.73. The number of nitrogen functional groups attached to an aromatic ring is 1. The second-order valence-corrected chi connectivity index (χ2v) is 6.56. The molecule has 1 aromatic carbocycles. The average molecular weight is 334 g/mol. The van der Waals surface area contributed by atoms with Gasteiger partial charge in [-0.1, -0.05) is 23.7 Å². The molecule has 106 valence electrons. The number of nitrogens with zero attached hydrogens (tertiary/aromatic N) is 2. The summed E-state index contributed by atoms with van der Waals surface area (Å²) < 4.78 is 0. The molecule has 21 heavy (non-hydrogen) atoms. The monoisotopic (exact) mass is 333 g/mol. The third-order valence-electron chi connectivity index (χ3n) is 2.80. The minimum absolute atomic E-state index is 0.681. The summed E-state index contributed by atoms with van der Waals surface area (Å²) in [5, 5.41) is 3.66. The van der Waals surface area contributed by atoms with E-state index in [1.807, 2.05) is 41.8 Å². The molecular formula is C15H12ClN3S2. The van der Waals surface area contributed by atoms with Gasteiger partial charge in [-0.25, -0.2) is 4.98 Å². The third kappa shape index (κ3) is 3.37. The van der Waals surface area contributed by atoms with Gasteiger partial charge in [0.05, 0.1) is 16.4 Å². The molecule has 2 heterocycles. The summed E-state index contributed by atoms with van der Waals surface area (Å²) in [5.74, 6) is 0.733. The topological polar surface area (TPSA) is 51.8 Å². The summed E-state index contributed by atoms with van der Waals surface area (Å²) in [6, 6.07) is 11.4. The van der Waals surface area contributed by atoms with E-state index >= 15 is 0 Å². The van der Waals surface area contributed by atoms with E-state index in [-0.39, 0.29) is 0 Å². The Morgan fingerprint density at radius 1 is 1.19 bits per heavy atom. The zero-order valence-electron chi connectivity index (χ0n) is 11.0. The largest absolute Gasteiger partial charge is 0.398 e. The molecule has 2 N–H and O–H groups in total. The standard InChI is InChI=1S/C15H12ClN3S2/c16-11-4-3-5-12(17)14(11)20-8-10-9-21-15(19-10)13-6-1-2-7-18-13/h1-7,9H,8,17H2. The number of hydrogen-bond acceptors (Lipinski definition) is 5. The third-order valence-corrected chi connectivity index (χ3v) is 5.32. The molecule has 0 bridgehead atoms. The molecule has 0 amide bonds. The van der Waals surface area contributed by atoms with Crippen molar-refractivity contribution >= 4 is 40.4 Å². The van der Waals surface area contributed by atoms with E-state index in [1.54, 1.807) is 29.3 Å². The number of benzene rings is 1. The van der Waals surface area contributed by atoms with Crippen LogP contribution in [0.15, 0.2) is 52.9 Å². The number of pyridine rings is 1. The second kappa shape index (κ2) is 6.47. The van der Waals surface area contributed by atoms with Crippen LogP contribution in [0, 0.1) is 0 Å². The Balaban J connectivity index is 1.74. The Morgan fingerprint density at radius 3 is 2.86 bits per heavy atom. The number of nitrogens with two attached hydrogens (primary N) is 1. The van der Waals surface area contributed by atoms with Crippen LogP contribution in [0.3, 0.4) is 0 Å². The van der Waals surface area contributed by atoms with Crippen molar-refractivity contribution in [2.45, 2.75) is 10.6 Å². The highest BCUT2D eigenvalue weighted by Gasteiger charge is 2.09. The van der Waals surface area contributed by atoms with Gasteiger partial charge in [0.2, 0.25) is 0 Å². The van der Waals surface area contributed by atoms with E-state index < -0.39 is 0 Å². The minimum Gasteiger partial charge on any atom is -0.398 e. The molecule has 0 unspecified atom stereocenters. The Labute approximate surface area is 136 Å². The number of halogens is 1. The van der Waals surface area contributed by atoms with Gasteiger partial charge in [0, 0.05) is 27.9 Å². The zero-order chi connectivity index (χ0) is 14.7. The second-order valence-electron chi connectivity index (χ2n) is 4.31. The molecule has 3 rings (SSSR count). The smallest absolute Gasteiger partial charge is 0.142 e. The SMILES string of the molecule is Nc1cccc(Cl)c1SCc1csc(-c2ccccn2)n1. The molecule has 2 aromatic heterocycles. The lowest BCUT2D eigenvalue weighted by molar-refractivity contribution is 1.21. The van der Waals surface area contributed by atoms with Crippen molar-refractivity contribution in [1.82, 2.24) is 9.97 Å². The van der Waals surface area contributed by atoms with Crippen molar-refractivity contribution in [3.05, 3.63) is 58.7 Å². The van der Waals surface area contributed by atoms with Crippen LogP contribution in [0.4, 0.5) is 5.69 Å². The first-order chi connectivity index (χ1) is 10.2. The number of rotatable bonds is 4. The van der Waals surface area contributed by atoms with Gasteiger partial charge in [-0.15, -0.1) is 23.1 Å². The molecule has 0 spiro atoms. The number of anilines is 1. The molecule has 0 fully saturated rings. The highest BCUT2D eigenvalue weighted by molar-refractivity contribution is 7.98. The lowest BCUT2D eigenvalue weighted by Crippen LogP contribution is -1.90. The van der Waals surface area contributed by atoms with Gasteiger partial charge in [-0.2, -0.15) is 0 Å². The summed E-state index contributed by atoms with van der Waals surface area (Å²) in [4.78, 5) is 9.82. The van der Waals surface area contributed by atoms with Crippen molar-refractivity contribution in [3.8, 4) is 10.7 Å². The van der Waals surface area contributed by atoms with Crippen molar-refractivity contribution in [3.63, 3.8) is 0 Å². The van der Waals surface area contributed by atoms with Crippen molar-refractivity contribution < 1.29 is 0 Å². The summed E-state index contributed by atoms with van der Waals surface area (Å²) >= 11 is 9.37. The van der Waals surface area contributed by atoms with Gasteiger partial charge in [0.1, 0.15) is 5.01 Å². The first kappa shape index (κ1) is 14.4. The molecule has 3 nitrogen and oxygen atoms in total. The fourth-order valence-corrected chi connectivity index (χ4v) is 3.93. The van der Waals surface area contributed by atoms with E-state index in [4.69, 9.17) is 17.3 Å². The lowest BCUT2D eigenvalue weighted by Gasteiger charge is -2.05. The van der Waals surface area contributed by atoms with Crippen LogP contribution in [0.2, 0.25) is 5.02 Å². The Hall–Kier alpha value is -1.56. The van der Waals surface area contributed by atoms with E-state index in [0.717, 1.165) is 27.0 Å². The molecule has 0 saturated heterocycles. The quantitative estimate of drug-likeness (QED) is 0.553.